The molecule has 2 amide bonds. The third kappa shape index (κ3) is 4.28. The van der Waals surface area contributed by atoms with Crippen LogP contribution in [0.15, 0.2) is 107 Å². The van der Waals surface area contributed by atoms with Gasteiger partial charge in [0.2, 0.25) is 0 Å². The third-order valence-electron chi connectivity index (χ3n) is 8.50. The highest BCUT2D eigenvalue weighted by atomic mass is 16.5. The lowest BCUT2D eigenvalue weighted by Crippen LogP contribution is -2.58. The van der Waals surface area contributed by atoms with Gasteiger partial charge in [0.15, 0.2) is 23.4 Å². The minimum absolute atomic E-state index is 0.0818. The molecule has 0 radical (unpaired) electrons. The maximum absolute atomic E-state index is 15.2. The molecule has 3 aliphatic rings. The molecule has 1 unspecified atom stereocenters. The summed E-state index contributed by atoms with van der Waals surface area (Å²) in [4.78, 5) is 59.3. The van der Waals surface area contributed by atoms with E-state index in [2.05, 4.69) is 0 Å². The third-order valence-corrected chi connectivity index (χ3v) is 8.50. The first-order valence-electron chi connectivity index (χ1n) is 14.4. The predicted octanol–water partition coefficient (Wildman–Crippen LogP) is 5.87. The average Bonchev–Trinajstić information content (AvgIpc) is 3.38. The summed E-state index contributed by atoms with van der Waals surface area (Å²) < 4.78 is 5.31. The summed E-state index contributed by atoms with van der Waals surface area (Å²) >= 11 is 0. The molecule has 3 aromatic carbocycles. The minimum Gasteiger partial charge on any atom is -0.503 e. The highest BCUT2D eigenvalue weighted by molar-refractivity contribution is 6.31. The van der Waals surface area contributed by atoms with Crippen LogP contribution < -0.4 is 14.5 Å². The number of carbonyl (C=O) groups is 4. The molecule has 8 nitrogen and oxygen atoms in total. The Balaban J connectivity index is 1.71. The number of aldehydes is 1. The number of hydrogen-bond donors (Lipinski definition) is 1. The lowest BCUT2D eigenvalue weighted by molar-refractivity contribution is -0.125. The predicted molar refractivity (Wildman–Crippen MR) is 167 cm³/mol. The molecule has 8 heteroatoms. The molecular weight excluding hydrogens is 556 g/mol. The molecule has 1 aliphatic carbocycles. The fraction of sp³-hybridized carbons (Fsp3) is 0.222. The topological polar surface area (TPSA) is 104 Å². The van der Waals surface area contributed by atoms with Gasteiger partial charge in [0.1, 0.15) is 5.75 Å². The number of rotatable bonds is 6. The maximum atomic E-state index is 15.2. The molecule has 44 heavy (non-hydrogen) atoms. The summed E-state index contributed by atoms with van der Waals surface area (Å²) in [5, 5.41) is 11.6. The van der Waals surface area contributed by atoms with Gasteiger partial charge >= 0.3 is 0 Å². The van der Waals surface area contributed by atoms with Crippen molar-refractivity contribution in [1.29, 1.82) is 0 Å². The van der Waals surface area contributed by atoms with Gasteiger partial charge in [-0.15, -0.1) is 0 Å². The number of ether oxygens (including phenoxy) is 1. The normalized spacial score (nSPS) is 21.5. The first-order valence-corrected chi connectivity index (χ1v) is 14.4. The van der Waals surface area contributed by atoms with Crippen LogP contribution in [-0.4, -0.2) is 41.6 Å². The second-order valence-electron chi connectivity index (χ2n) is 12.1. The van der Waals surface area contributed by atoms with Crippen LogP contribution in [0, 0.1) is 12.3 Å². The highest BCUT2D eigenvalue weighted by Gasteiger charge is 2.69. The van der Waals surface area contributed by atoms with Crippen molar-refractivity contribution in [3.8, 4) is 5.75 Å². The number of ketones is 1. The highest BCUT2D eigenvalue weighted by Crippen LogP contribution is 2.57. The maximum Gasteiger partial charge on any atom is 0.295 e. The second kappa shape index (κ2) is 10.5. The summed E-state index contributed by atoms with van der Waals surface area (Å²) in [6.45, 7) is 5.84. The molecule has 0 fully saturated rings. The van der Waals surface area contributed by atoms with Crippen molar-refractivity contribution >= 4 is 41.3 Å². The van der Waals surface area contributed by atoms with Gasteiger partial charge in [-0.1, -0.05) is 61.9 Å². The van der Waals surface area contributed by atoms with Gasteiger partial charge in [0, 0.05) is 29.1 Å². The van der Waals surface area contributed by atoms with E-state index in [1.54, 1.807) is 60.7 Å². The number of aryl methyl sites for hydroxylation is 1. The van der Waals surface area contributed by atoms with Crippen LogP contribution in [0.3, 0.4) is 0 Å². The number of methoxy groups -OCH3 is 1. The number of allylic oxidation sites excluding steroid dienone is 1. The van der Waals surface area contributed by atoms with Gasteiger partial charge in [-0.25, -0.2) is 0 Å². The molecule has 2 aliphatic heterocycles. The van der Waals surface area contributed by atoms with E-state index < -0.39 is 28.5 Å². The van der Waals surface area contributed by atoms with Crippen molar-refractivity contribution in [3.05, 3.63) is 118 Å². The van der Waals surface area contributed by atoms with Crippen molar-refractivity contribution in [2.45, 2.75) is 39.2 Å². The van der Waals surface area contributed by atoms with E-state index in [4.69, 9.17) is 4.74 Å². The van der Waals surface area contributed by atoms with Gasteiger partial charge in [-0.05, 0) is 66.8 Å². The van der Waals surface area contributed by atoms with Crippen molar-refractivity contribution < 1.29 is 29.0 Å². The zero-order valence-corrected chi connectivity index (χ0v) is 25.0. The van der Waals surface area contributed by atoms with Crippen molar-refractivity contribution in [1.82, 2.24) is 0 Å². The van der Waals surface area contributed by atoms with Crippen LogP contribution in [-0.2, 0) is 19.2 Å². The molecule has 1 atom stereocenters. The lowest BCUT2D eigenvalue weighted by Gasteiger charge is -2.38. The standard InChI is InChI=1S/C36H32N2O6/c1-22-10-12-25(13-11-22)37-28-19-35(2,3)20-29(40)31(28)36(34(37)43)30(24(21-39)18-23-8-6-5-7-9-23)32(41)33(42)38(36)26-14-16-27(44-4)17-15-26/h5-18,21,41H,19-20H2,1-4H3. The number of benzene rings is 3. The smallest absolute Gasteiger partial charge is 0.295 e. The van der Waals surface area contributed by atoms with E-state index in [0.717, 1.165) is 5.56 Å². The molecule has 0 saturated carbocycles. The molecule has 6 rings (SSSR count). The van der Waals surface area contributed by atoms with E-state index in [1.807, 2.05) is 39.0 Å². The molecule has 0 aromatic heterocycles. The van der Waals surface area contributed by atoms with Gasteiger partial charge in [-0.3, -0.25) is 29.0 Å². The molecule has 1 N–H and O–H groups in total. The van der Waals surface area contributed by atoms with E-state index in [0.29, 0.717) is 35.4 Å². The Morgan fingerprint density at radius 2 is 1.52 bits per heavy atom. The van der Waals surface area contributed by atoms with E-state index in [9.17, 15) is 19.5 Å². The zero-order valence-electron chi connectivity index (χ0n) is 25.0. The quantitative estimate of drug-likeness (QED) is 0.285. The summed E-state index contributed by atoms with van der Waals surface area (Å²) in [5.41, 5.74) is -0.00945. The fourth-order valence-electron chi connectivity index (χ4n) is 6.62. The Bertz CT molecular complexity index is 1800. The fourth-order valence-corrected chi connectivity index (χ4v) is 6.62. The largest absolute Gasteiger partial charge is 0.503 e. The molecule has 222 valence electrons. The van der Waals surface area contributed by atoms with Crippen LogP contribution in [0.25, 0.3) is 6.08 Å². The summed E-state index contributed by atoms with van der Waals surface area (Å²) in [7, 11) is 1.51. The second-order valence-corrected chi connectivity index (χ2v) is 12.1. The van der Waals surface area contributed by atoms with Crippen LogP contribution >= 0.6 is 0 Å². The summed E-state index contributed by atoms with van der Waals surface area (Å²) in [6, 6.07) is 22.7. The number of nitrogens with zero attached hydrogens (tertiary/aromatic N) is 2. The van der Waals surface area contributed by atoms with Crippen molar-refractivity contribution in [2.24, 2.45) is 5.41 Å². The molecule has 2 heterocycles. The van der Waals surface area contributed by atoms with E-state index in [-0.39, 0.29) is 34.6 Å². The van der Waals surface area contributed by atoms with Crippen LogP contribution in [0.4, 0.5) is 11.4 Å². The first kappa shape index (κ1) is 28.9. The van der Waals surface area contributed by atoms with Crippen molar-refractivity contribution in [2.75, 3.05) is 16.9 Å². The molecule has 1 spiro atoms. The first-order chi connectivity index (χ1) is 21.0. The van der Waals surface area contributed by atoms with Crippen LogP contribution in [0.1, 0.15) is 37.8 Å². The number of aliphatic hydroxyl groups is 1. The number of carbonyl (C=O) groups excluding carboxylic acids is 4. The monoisotopic (exact) mass is 588 g/mol. The molecule has 3 aromatic rings. The van der Waals surface area contributed by atoms with E-state index >= 15 is 4.79 Å². The van der Waals surface area contributed by atoms with E-state index in [1.165, 1.54) is 23.0 Å². The van der Waals surface area contributed by atoms with Gasteiger partial charge in [0.25, 0.3) is 11.8 Å². The Morgan fingerprint density at radius 3 is 2.14 bits per heavy atom. The Morgan fingerprint density at radius 1 is 0.886 bits per heavy atom. The number of amides is 2. The number of hydrogen-bond acceptors (Lipinski definition) is 6. The Hall–Kier alpha value is -5.24. The summed E-state index contributed by atoms with van der Waals surface area (Å²) in [6.07, 6.45) is 2.50. The molecular formula is C36H32N2O6. The number of fused-ring (bicyclic) bond motifs is 1. The van der Waals surface area contributed by atoms with Gasteiger partial charge in [-0.2, -0.15) is 0 Å². The summed E-state index contributed by atoms with van der Waals surface area (Å²) in [5.74, 6) is -2.10. The molecule has 0 bridgehead atoms. The minimum atomic E-state index is -2.13. The Labute approximate surface area is 255 Å². The molecule has 0 saturated heterocycles. The lowest BCUT2D eigenvalue weighted by atomic mass is 9.69. The SMILES string of the molecule is COc1ccc(N2C(=O)C(O)=C(C(C=O)=Cc3ccccc3)C23C(=O)N(c2ccc(C)cc2)C2=C3C(=O)CC(C)(C)C2)cc1. The number of aliphatic hydroxyl groups excluding tert-OH is 1. The Kier molecular flexibility index (Phi) is 6.88. The van der Waals surface area contributed by atoms with Crippen LogP contribution in [0.5, 0.6) is 5.75 Å². The van der Waals surface area contributed by atoms with Crippen LogP contribution in [0.2, 0.25) is 0 Å². The zero-order chi connectivity index (χ0) is 31.4. The van der Waals surface area contributed by atoms with Crippen molar-refractivity contribution in [3.63, 3.8) is 0 Å². The van der Waals surface area contributed by atoms with Gasteiger partial charge < -0.3 is 9.84 Å². The number of anilines is 2. The average molecular weight is 589 g/mol. The number of Topliss-reactive ketones (excluding diaryl/α,β-unsaturated/α-hetero) is 1. The van der Waals surface area contributed by atoms with Gasteiger partial charge in [0.05, 0.1) is 18.3 Å².